The molecule has 9 heavy (non-hydrogen) atoms. The summed E-state index contributed by atoms with van der Waals surface area (Å²) in [6.07, 6.45) is 3.50. The SMILES string of the molecule is OCC1=COC=CC1O. The second-order valence-corrected chi connectivity index (χ2v) is 1.76. The minimum Gasteiger partial charge on any atom is -0.473 e. The van der Waals surface area contributed by atoms with E-state index in [9.17, 15) is 0 Å². The molecular formula is C6H8O3. The highest BCUT2D eigenvalue weighted by Crippen LogP contribution is 2.07. The summed E-state index contributed by atoms with van der Waals surface area (Å²) in [5, 5.41) is 17.5. The van der Waals surface area contributed by atoms with Gasteiger partial charge < -0.3 is 14.9 Å². The van der Waals surface area contributed by atoms with Crippen molar-refractivity contribution in [1.82, 2.24) is 0 Å². The monoisotopic (exact) mass is 128 g/mol. The molecule has 0 saturated heterocycles. The van der Waals surface area contributed by atoms with Crippen molar-refractivity contribution in [2.24, 2.45) is 0 Å². The second-order valence-electron chi connectivity index (χ2n) is 1.76. The normalized spacial score (nSPS) is 25.1. The van der Waals surface area contributed by atoms with Gasteiger partial charge in [0.05, 0.1) is 19.1 Å². The summed E-state index contributed by atoms with van der Waals surface area (Å²) < 4.78 is 4.68. The number of hydrogen-bond donors (Lipinski definition) is 2. The van der Waals surface area contributed by atoms with Crippen LogP contribution >= 0.6 is 0 Å². The topological polar surface area (TPSA) is 49.7 Å². The van der Waals surface area contributed by atoms with Crippen LogP contribution in [0.5, 0.6) is 0 Å². The molecule has 0 aromatic heterocycles. The minimum absolute atomic E-state index is 0.161. The van der Waals surface area contributed by atoms with Crippen molar-refractivity contribution in [3.8, 4) is 0 Å². The highest BCUT2D eigenvalue weighted by molar-refractivity contribution is 5.15. The molecule has 0 aromatic rings. The molecule has 1 aliphatic heterocycles. The summed E-state index contributed by atoms with van der Waals surface area (Å²) in [5.41, 5.74) is 0.484. The third kappa shape index (κ3) is 1.31. The Bertz CT molecular complexity index is 148. The van der Waals surface area contributed by atoms with E-state index in [0.29, 0.717) is 5.57 Å². The maximum absolute atomic E-state index is 8.97. The van der Waals surface area contributed by atoms with Gasteiger partial charge in [-0.3, -0.25) is 0 Å². The number of hydrogen-bond acceptors (Lipinski definition) is 3. The van der Waals surface area contributed by atoms with Crippen LogP contribution in [0.4, 0.5) is 0 Å². The molecule has 0 fully saturated rings. The number of aliphatic hydroxyl groups excluding tert-OH is 2. The lowest BCUT2D eigenvalue weighted by Gasteiger charge is -2.11. The van der Waals surface area contributed by atoms with Gasteiger partial charge in [-0.1, -0.05) is 0 Å². The molecule has 3 nitrogen and oxygen atoms in total. The van der Waals surface area contributed by atoms with Crippen molar-refractivity contribution in [2.45, 2.75) is 6.10 Å². The maximum Gasteiger partial charge on any atom is 0.102 e. The molecule has 0 saturated carbocycles. The van der Waals surface area contributed by atoms with Crippen molar-refractivity contribution >= 4 is 0 Å². The van der Waals surface area contributed by atoms with Crippen LogP contribution in [0.3, 0.4) is 0 Å². The fourth-order valence-corrected chi connectivity index (χ4v) is 0.571. The first kappa shape index (κ1) is 6.32. The van der Waals surface area contributed by atoms with Crippen LogP contribution in [0.1, 0.15) is 0 Å². The van der Waals surface area contributed by atoms with Crippen LogP contribution in [-0.2, 0) is 4.74 Å². The Balaban J connectivity index is 2.59. The van der Waals surface area contributed by atoms with E-state index in [1.165, 1.54) is 18.6 Å². The van der Waals surface area contributed by atoms with E-state index in [-0.39, 0.29) is 6.61 Å². The Morgan fingerprint density at radius 2 is 2.44 bits per heavy atom. The first-order chi connectivity index (χ1) is 4.34. The van der Waals surface area contributed by atoms with Gasteiger partial charge in [-0.15, -0.1) is 0 Å². The van der Waals surface area contributed by atoms with Gasteiger partial charge in [-0.05, 0) is 6.08 Å². The van der Waals surface area contributed by atoms with Crippen LogP contribution in [0.2, 0.25) is 0 Å². The Labute approximate surface area is 52.9 Å². The third-order valence-corrected chi connectivity index (χ3v) is 1.12. The summed E-state index contributed by atoms with van der Waals surface area (Å²) in [4.78, 5) is 0. The van der Waals surface area contributed by atoms with E-state index in [1.54, 1.807) is 0 Å². The van der Waals surface area contributed by atoms with Gasteiger partial charge in [0.25, 0.3) is 0 Å². The Morgan fingerprint density at radius 1 is 1.67 bits per heavy atom. The molecule has 1 unspecified atom stereocenters. The summed E-state index contributed by atoms with van der Waals surface area (Å²) in [5.74, 6) is 0. The summed E-state index contributed by atoms with van der Waals surface area (Å²) in [6.45, 7) is -0.161. The Kier molecular flexibility index (Phi) is 1.87. The van der Waals surface area contributed by atoms with E-state index in [1.807, 2.05) is 0 Å². The molecule has 0 aliphatic carbocycles. The molecule has 1 atom stereocenters. The lowest BCUT2D eigenvalue weighted by atomic mass is 10.1. The van der Waals surface area contributed by atoms with E-state index >= 15 is 0 Å². The van der Waals surface area contributed by atoms with E-state index in [0.717, 1.165) is 0 Å². The molecule has 0 bridgehead atoms. The second kappa shape index (κ2) is 2.66. The highest BCUT2D eigenvalue weighted by Gasteiger charge is 2.08. The molecule has 0 radical (unpaired) electrons. The van der Waals surface area contributed by atoms with Crippen LogP contribution in [-0.4, -0.2) is 22.9 Å². The lowest BCUT2D eigenvalue weighted by molar-refractivity contribution is 0.205. The van der Waals surface area contributed by atoms with Gasteiger partial charge in [0, 0.05) is 5.57 Å². The molecule has 1 heterocycles. The molecule has 0 aromatic carbocycles. The zero-order valence-corrected chi connectivity index (χ0v) is 4.82. The summed E-state index contributed by atoms with van der Waals surface area (Å²) in [7, 11) is 0. The smallest absolute Gasteiger partial charge is 0.102 e. The number of aliphatic hydroxyl groups is 2. The first-order valence-corrected chi connectivity index (χ1v) is 2.64. The van der Waals surface area contributed by atoms with Crippen molar-refractivity contribution in [1.29, 1.82) is 0 Å². The van der Waals surface area contributed by atoms with Crippen LogP contribution < -0.4 is 0 Å². The molecule has 1 aliphatic rings. The fraction of sp³-hybridized carbons (Fsp3) is 0.333. The zero-order valence-electron chi connectivity index (χ0n) is 4.82. The van der Waals surface area contributed by atoms with Crippen molar-refractivity contribution < 1.29 is 14.9 Å². The van der Waals surface area contributed by atoms with E-state index in [2.05, 4.69) is 4.74 Å². The molecule has 2 N–H and O–H groups in total. The quantitative estimate of drug-likeness (QED) is 0.512. The minimum atomic E-state index is -0.677. The average molecular weight is 128 g/mol. The van der Waals surface area contributed by atoms with Gasteiger partial charge >= 0.3 is 0 Å². The largest absolute Gasteiger partial charge is 0.473 e. The van der Waals surface area contributed by atoms with E-state index < -0.39 is 6.10 Å². The highest BCUT2D eigenvalue weighted by atomic mass is 16.5. The molecule has 50 valence electrons. The van der Waals surface area contributed by atoms with Gasteiger partial charge in [-0.25, -0.2) is 0 Å². The predicted molar refractivity (Wildman–Crippen MR) is 31.4 cm³/mol. The standard InChI is InChI=1S/C6H8O3/c7-3-5-4-9-2-1-6(5)8/h1-2,4,6-8H,3H2. The lowest BCUT2D eigenvalue weighted by Crippen LogP contribution is -2.12. The zero-order chi connectivity index (χ0) is 6.69. The molecule has 0 spiro atoms. The summed E-state index contributed by atoms with van der Waals surface area (Å²) >= 11 is 0. The maximum atomic E-state index is 8.97. The first-order valence-electron chi connectivity index (χ1n) is 2.64. The van der Waals surface area contributed by atoms with Gasteiger partial charge in [-0.2, -0.15) is 0 Å². The number of rotatable bonds is 1. The van der Waals surface area contributed by atoms with Gasteiger partial charge in [0.1, 0.15) is 6.10 Å². The number of ether oxygens (including phenoxy) is 1. The van der Waals surface area contributed by atoms with Crippen molar-refractivity contribution in [3.05, 3.63) is 24.2 Å². The van der Waals surface area contributed by atoms with E-state index in [4.69, 9.17) is 10.2 Å². The van der Waals surface area contributed by atoms with Crippen LogP contribution in [0, 0.1) is 0 Å². The van der Waals surface area contributed by atoms with Crippen LogP contribution in [0.25, 0.3) is 0 Å². The molecule has 1 rings (SSSR count). The Hall–Kier alpha value is -0.800. The molecule has 3 heteroatoms. The van der Waals surface area contributed by atoms with Gasteiger partial charge in [0.15, 0.2) is 0 Å². The molecule has 0 amide bonds. The third-order valence-electron chi connectivity index (χ3n) is 1.12. The Morgan fingerprint density at radius 3 is 2.89 bits per heavy atom. The van der Waals surface area contributed by atoms with Crippen molar-refractivity contribution in [2.75, 3.05) is 6.61 Å². The van der Waals surface area contributed by atoms with Crippen molar-refractivity contribution in [3.63, 3.8) is 0 Å². The molecular weight excluding hydrogens is 120 g/mol. The fourth-order valence-electron chi connectivity index (χ4n) is 0.571. The average Bonchev–Trinajstić information content (AvgIpc) is 1.89. The summed E-state index contributed by atoms with van der Waals surface area (Å²) in [6, 6.07) is 0. The van der Waals surface area contributed by atoms with Crippen LogP contribution in [0.15, 0.2) is 24.2 Å². The van der Waals surface area contributed by atoms with Gasteiger partial charge in [0.2, 0.25) is 0 Å². The predicted octanol–water partition coefficient (Wildman–Crippen LogP) is -0.233.